The van der Waals surface area contributed by atoms with Crippen LogP contribution < -0.4 is 5.32 Å². The second-order valence-electron chi connectivity index (χ2n) is 4.49. The van der Waals surface area contributed by atoms with Crippen LogP contribution >= 0.6 is 27.3 Å². The highest BCUT2D eigenvalue weighted by atomic mass is 79.9. The number of halogens is 2. The number of hydrogen-bond acceptors (Lipinski definition) is 3. The van der Waals surface area contributed by atoms with Gasteiger partial charge >= 0.3 is 0 Å². The summed E-state index contributed by atoms with van der Waals surface area (Å²) in [5.74, 6) is -0.163. The molecule has 0 bridgehead atoms. The number of benzene rings is 1. The van der Waals surface area contributed by atoms with Gasteiger partial charge in [0.2, 0.25) is 0 Å². The van der Waals surface area contributed by atoms with Crippen molar-refractivity contribution in [3.63, 3.8) is 0 Å². The Labute approximate surface area is 125 Å². The van der Waals surface area contributed by atoms with Gasteiger partial charge in [0.25, 0.3) is 0 Å². The average molecular weight is 343 g/mol. The Morgan fingerprint density at radius 1 is 1.42 bits per heavy atom. The Kier molecular flexibility index (Phi) is 5.07. The molecule has 0 saturated heterocycles. The van der Waals surface area contributed by atoms with Gasteiger partial charge in [0.15, 0.2) is 0 Å². The van der Waals surface area contributed by atoms with Crippen molar-refractivity contribution in [2.24, 2.45) is 0 Å². The van der Waals surface area contributed by atoms with E-state index in [9.17, 15) is 4.39 Å². The maximum Gasteiger partial charge on any atom is 0.127 e. The quantitative estimate of drug-likeness (QED) is 0.895. The summed E-state index contributed by atoms with van der Waals surface area (Å²) in [6, 6.07) is 5.40. The molecule has 2 nitrogen and oxygen atoms in total. The van der Waals surface area contributed by atoms with Crippen LogP contribution in [-0.4, -0.2) is 18.1 Å². The monoisotopic (exact) mass is 342 g/mol. The van der Waals surface area contributed by atoms with Crippen molar-refractivity contribution in [2.45, 2.75) is 25.8 Å². The van der Waals surface area contributed by atoms with E-state index in [4.69, 9.17) is 0 Å². The van der Waals surface area contributed by atoms with Gasteiger partial charge in [-0.3, -0.25) is 0 Å². The molecule has 5 heteroatoms. The minimum absolute atomic E-state index is 0.163. The molecule has 1 N–H and O–H groups in total. The lowest BCUT2D eigenvalue weighted by Crippen LogP contribution is -2.30. The zero-order valence-electron chi connectivity index (χ0n) is 10.9. The summed E-state index contributed by atoms with van der Waals surface area (Å²) in [5, 5.41) is 6.37. The Morgan fingerprint density at radius 3 is 2.79 bits per heavy atom. The van der Waals surface area contributed by atoms with Crippen molar-refractivity contribution in [3.8, 4) is 0 Å². The van der Waals surface area contributed by atoms with Crippen LogP contribution in [0.3, 0.4) is 0 Å². The number of thiazole rings is 1. The van der Waals surface area contributed by atoms with Crippen LogP contribution in [0.25, 0.3) is 0 Å². The average Bonchev–Trinajstić information content (AvgIpc) is 2.77. The molecule has 0 aliphatic carbocycles. The fourth-order valence-electron chi connectivity index (χ4n) is 1.98. The Morgan fingerprint density at radius 2 is 2.21 bits per heavy atom. The van der Waals surface area contributed by atoms with Gasteiger partial charge in [-0.25, -0.2) is 9.37 Å². The van der Waals surface area contributed by atoms with E-state index in [1.54, 1.807) is 11.3 Å². The van der Waals surface area contributed by atoms with Gasteiger partial charge in [-0.15, -0.1) is 11.3 Å². The fraction of sp³-hybridized carbons (Fsp3) is 0.357. The van der Waals surface area contributed by atoms with Crippen LogP contribution in [0.4, 0.5) is 4.39 Å². The standard InChI is InChI=1S/C14H16BrFN2S/c1-9-18-13(8-19-9)7-12(17-2)5-10-3-4-11(15)6-14(10)16/h3-4,6,8,12,17H,5,7H2,1-2H3. The summed E-state index contributed by atoms with van der Waals surface area (Å²) in [5.41, 5.74) is 1.80. The summed E-state index contributed by atoms with van der Waals surface area (Å²) in [4.78, 5) is 4.45. The van der Waals surface area contributed by atoms with Crippen LogP contribution in [0.5, 0.6) is 0 Å². The normalized spacial score (nSPS) is 12.6. The number of nitrogens with zero attached hydrogens (tertiary/aromatic N) is 1. The van der Waals surface area contributed by atoms with Crippen molar-refractivity contribution >= 4 is 27.3 Å². The predicted molar refractivity (Wildman–Crippen MR) is 81.2 cm³/mol. The summed E-state index contributed by atoms with van der Waals surface area (Å²) in [6.07, 6.45) is 1.47. The van der Waals surface area contributed by atoms with E-state index >= 15 is 0 Å². The summed E-state index contributed by atoms with van der Waals surface area (Å²) >= 11 is 4.92. The number of nitrogens with one attached hydrogen (secondary N) is 1. The van der Waals surface area contributed by atoms with E-state index in [1.807, 2.05) is 26.1 Å². The molecule has 1 aromatic heterocycles. The number of aryl methyl sites for hydroxylation is 1. The molecular formula is C14H16BrFN2S. The molecule has 0 fully saturated rings. The van der Waals surface area contributed by atoms with Crippen molar-refractivity contribution in [3.05, 3.63) is 50.1 Å². The van der Waals surface area contributed by atoms with Crippen molar-refractivity contribution in [1.29, 1.82) is 0 Å². The largest absolute Gasteiger partial charge is 0.316 e. The van der Waals surface area contributed by atoms with Crippen molar-refractivity contribution in [1.82, 2.24) is 10.3 Å². The number of aromatic nitrogens is 1. The topological polar surface area (TPSA) is 24.9 Å². The molecule has 0 aliphatic rings. The van der Waals surface area contributed by atoms with Gasteiger partial charge in [-0.1, -0.05) is 22.0 Å². The van der Waals surface area contributed by atoms with E-state index in [1.165, 1.54) is 6.07 Å². The number of hydrogen-bond donors (Lipinski definition) is 1. The van der Waals surface area contributed by atoms with Crippen LogP contribution in [-0.2, 0) is 12.8 Å². The third kappa shape index (κ3) is 4.09. The summed E-state index contributed by atoms with van der Waals surface area (Å²) in [7, 11) is 1.90. The van der Waals surface area contributed by atoms with E-state index in [0.717, 1.165) is 27.2 Å². The minimum Gasteiger partial charge on any atom is -0.316 e. The maximum atomic E-state index is 13.8. The van der Waals surface area contributed by atoms with Gasteiger partial charge in [-0.05, 0) is 38.1 Å². The zero-order valence-corrected chi connectivity index (χ0v) is 13.3. The molecule has 0 spiro atoms. The molecule has 1 heterocycles. The first kappa shape index (κ1) is 14.6. The van der Waals surface area contributed by atoms with Crippen molar-refractivity contribution in [2.75, 3.05) is 7.05 Å². The maximum absolute atomic E-state index is 13.8. The fourth-order valence-corrected chi connectivity index (χ4v) is 2.94. The first-order valence-electron chi connectivity index (χ1n) is 6.10. The molecule has 1 atom stereocenters. The molecule has 1 unspecified atom stereocenters. The van der Waals surface area contributed by atoms with Crippen LogP contribution in [0.15, 0.2) is 28.1 Å². The number of rotatable bonds is 5. The van der Waals surface area contributed by atoms with E-state index in [0.29, 0.717) is 6.42 Å². The van der Waals surface area contributed by atoms with Crippen LogP contribution in [0, 0.1) is 12.7 Å². The third-order valence-electron chi connectivity index (χ3n) is 3.01. The third-order valence-corrected chi connectivity index (χ3v) is 4.33. The van der Waals surface area contributed by atoms with Gasteiger partial charge in [0.05, 0.1) is 10.7 Å². The molecule has 1 aromatic carbocycles. The van der Waals surface area contributed by atoms with Crippen molar-refractivity contribution < 1.29 is 4.39 Å². The first-order valence-corrected chi connectivity index (χ1v) is 7.78. The smallest absolute Gasteiger partial charge is 0.127 e. The molecule has 2 rings (SSSR count). The second kappa shape index (κ2) is 6.59. The number of likely N-dealkylation sites (N-methyl/N-ethyl adjacent to an activating group) is 1. The lowest BCUT2D eigenvalue weighted by molar-refractivity contribution is 0.528. The van der Waals surface area contributed by atoms with E-state index < -0.39 is 0 Å². The lowest BCUT2D eigenvalue weighted by Gasteiger charge is -2.15. The van der Waals surface area contributed by atoms with Gasteiger partial charge in [-0.2, -0.15) is 0 Å². The van der Waals surface area contributed by atoms with Crippen LogP contribution in [0.2, 0.25) is 0 Å². The highest BCUT2D eigenvalue weighted by Gasteiger charge is 2.13. The highest BCUT2D eigenvalue weighted by Crippen LogP contribution is 2.18. The second-order valence-corrected chi connectivity index (χ2v) is 6.47. The van der Waals surface area contributed by atoms with E-state index in [2.05, 4.69) is 31.6 Å². The molecule has 0 radical (unpaired) electrons. The van der Waals surface area contributed by atoms with Gasteiger partial charge in [0.1, 0.15) is 5.82 Å². The zero-order chi connectivity index (χ0) is 13.8. The summed E-state index contributed by atoms with van der Waals surface area (Å²) in [6.45, 7) is 2.00. The first-order chi connectivity index (χ1) is 9.08. The molecular weight excluding hydrogens is 327 g/mol. The van der Waals surface area contributed by atoms with E-state index in [-0.39, 0.29) is 11.9 Å². The Bertz CT molecular complexity index is 556. The molecule has 102 valence electrons. The molecule has 0 aliphatic heterocycles. The molecule has 0 saturated carbocycles. The summed E-state index contributed by atoms with van der Waals surface area (Å²) < 4.78 is 14.6. The Balaban J connectivity index is 2.06. The molecule has 0 amide bonds. The molecule has 2 aromatic rings. The van der Waals surface area contributed by atoms with Gasteiger partial charge < -0.3 is 5.32 Å². The Hall–Kier alpha value is -0.780. The predicted octanol–water partition coefficient (Wildman–Crippen LogP) is 3.73. The molecule has 19 heavy (non-hydrogen) atoms. The minimum atomic E-state index is -0.163. The lowest BCUT2D eigenvalue weighted by atomic mass is 10.0. The van der Waals surface area contributed by atoms with Crippen LogP contribution in [0.1, 0.15) is 16.3 Å². The van der Waals surface area contributed by atoms with Gasteiger partial charge in [0, 0.05) is 22.3 Å². The SMILES string of the molecule is CNC(Cc1csc(C)n1)Cc1ccc(Br)cc1F. The highest BCUT2D eigenvalue weighted by molar-refractivity contribution is 9.10.